The first-order valence-electron chi connectivity index (χ1n) is 22.6. The first-order chi connectivity index (χ1) is 29.0. The molecular formula is C48H72O12. The molecule has 0 spiro atoms. The molecule has 12 nitrogen and oxygen atoms in total. The van der Waals surface area contributed by atoms with E-state index < -0.39 is 47.8 Å². The second kappa shape index (κ2) is 21.7. The second-order valence-electron chi connectivity index (χ2n) is 15.4. The second-order valence-corrected chi connectivity index (χ2v) is 15.4. The van der Waals surface area contributed by atoms with Crippen molar-refractivity contribution in [3.8, 4) is 0 Å². The Bertz CT molecular complexity index is 1170. The van der Waals surface area contributed by atoms with Crippen molar-refractivity contribution in [2.24, 2.45) is 0 Å². The van der Waals surface area contributed by atoms with Crippen molar-refractivity contribution in [3.63, 3.8) is 0 Å². The monoisotopic (exact) mass is 841 g/mol. The van der Waals surface area contributed by atoms with E-state index >= 15 is 0 Å². The van der Waals surface area contributed by atoms with Crippen LogP contribution in [-0.2, 0) is 56.8 Å². The van der Waals surface area contributed by atoms with Crippen LogP contribution in [0.5, 0.6) is 0 Å². The van der Waals surface area contributed by atoms with Crippen molar-refractivity contribution in [1.29, 1.82) is 0 Å². The molecule has 0 unspecified atom stereocenters. The highest BCUT2D eigenvalue weighted by Gasteiger charge is 2.76. The van der Waals surface area contributed by atoms with Crippen LogP contribution < -0.4 is 0 Å². The highest BCUT2D eigenvalue weighted by atomic mass is 17.2. The zero-order valence-electron chi connectivity index (χ0n) is 37.5. The molecule has 6 saturated heterocycles. The van der Waals surface area contributed by atoms with Crippen molar-refractivity contribution in [2.75, 3.05) is 0 Å². The summed E-state index contributed by atoms with van der Waals surface area (Å²) in [6.07, 6.45) is 37.2. The lowest BCUT2D eigenvalue weighted by Gasteiger charge is -2.65. The molecule has 0 aliphatic carbocycles. The Morgan fingerprint density at radius 2 is 0.283 bits per heavy atom. The first-order valence-corrected chi connectivity index (χ1v) is 22.6. The highest BCUT2D eigenvalue weighted by molar-refractivity contribution is 5.02. The summed E-state index contributed by atoms with van der Waals surface area (Å²) in [6.45, 7) is 16.3. The van der Waals surface area contributed by atoms with Crippen molar-refractivity contribution in [1.82, 2.24) is 0 Å². The molecule has 6 fully saturated rings. The molecule has 336 valence electrons. The third kappa shape index (κ3) is 11.9. The average molecular weight is 841 g/mol. The molecule has 0 aromatic heterocycles. The normalized spacial score (nSPS) is 38.3. The van der Waals surface area contributed by atoms with Gasteiger partial charge >= 0.3 is 0 Å². The van der Waals surface area contributed by atoms with E-state index in [4.69, 9.17) is 56.8 Å². The van der Waals surface area contributed by atoms with Gasteiger partial charge in [-0.1, -0.05) is 153 Å². The minimum Gasteiger partial charge on any atom is -0.269 e. The molecule has 6 heterocycles. The zero-order valence-corrected chi connectivity index (χ0v) is 37.5. The van der Waals surface area contributed by atoms with Gasteiger partial charge in [-0.05, 0) is 51.4 Å². The van der Waals surface area contributed by atoms with Gasteiger partial charge in [0.1, 0.15) is 0 Å². The number of hydrogen-bond donors (Lipinski definition) is 0. The van der Waals surface area contributed by atoms with Crippen LogP contribution in [0.25, 0.3) is 0 Å². The molecule has 6 aliphatic rings. The Kier molecular flexibility index (Phi) is 17.5. The van der Waals surface area contributed by atoms with E-state index in [2.05, 4.69) is 0 Å². The van der Waals surface area contributed by atoms with E-state index in [1.807, 2.05) is 153 Å². The standard InChI is InChI=1S/C48H72O12/c1-9-17-25-33-41-49-42(34-26-18-10-2)52-45(37-29-21-13-5)54-43(50-41,35-27-19-11-3)56-47(39-31-23-15-7)57-44(51-41,36-28-20-12-4)55-46(53-42,38-30-22-14-6)59-48(58-45,60-47)40-32-24-16-8/h17-32H,9-16,33-40H2,1-8H3/b25-17+,26-18+,27-19+,28-20+,29-21+,30-22+,31-23+,32-24+. The number of hydrogen-bond acceptors (Lipinski definition) is 12. The third-order valence-corrected chi connectivity index (χ3v) is 9.89. The summed E-state index contributed by atoms with van der Waals surface area (Å²) in [4.78, 5) is 0. The molecule has 12 heteroatoms. The van der Waals surface area contributed by atoms with Gasteiger partial charge in [-0.2, -0.15) is 0 Å². The van der Waals surface area contributed by atoms with Crippen LogP contribution in [0.4, 0.5) is 0 Å². The molecule has 0 aromatic carbocycles. The van der Waals surface area contributed by atoms with Crippen molar-refractivity contribution < 1.29 is 56.8 Å². The van der Waals surface area contributed by atoms with E-state index in [0.29, 0.717) is 0 Å². The Hall–Kier alpha value is -2.56. The zero-order chi connectivity index (χ0) is 43.1. The van der Waals surface area contributed by atoms with Gasteiger partial charge in [0.2, 0.25) is 0 Å². The predicted molar refractivity (Wildman–Crippen MR) is 227 cm³/mol. The van der Waals surface area contributed by atoms with Crippen LogP contribution >= 0.6 is 0 Å². The van der Waals surface area contributed by atoms with Gasteiger partial charge in [-0.25, -0.2) is 0 Å². The van der Waals surface area contributed by atoms with E-state index in [0.717, 1.165) is 51.4 Å². The van der Waals surface area contributed by atoms with Crippen LogP contribution in [-0.4, -0.2) is 47.8 Å². The smallest absolute Gasteiger partial charge is 0.269 e. The van der Waals surface area contributed by atoms with Gasteiger partial charge in [0.15, 0.2) is 0 Å². The largest absolute Gasteiger partial charge is 0.299 e. The predicted octanol–water partition coefficient (Wildman–Crippen LogP) is 12.3. The summed E-state index contributed by atoms with van der Waals surface area (Å²) in [6, 6.07) is 0. The van der Waals surface area contributed by atoms with Crippen LogP contribution in [0.15, 0.2) is 97.2 Å². The fourth-order valence-corrected chi connectivity index (χ4v) is 7.50. The minimum absolute atomic E-state index is 0.00720. The SMILES string of the molecule is CC/C=C/CC12OC3(C/C=C/CC)OC4(C/C=C/CC)OC(C/C=C/CC)(O1)OC1(C/C=C/CC)OC(C/C=C/CC)(O2)OC(C/C=C/CC)(O3)OC(C/C=C/CC)(O4)O1. The summed E-state index contributed by atoms with van der Waals surface area (Å²) in [5, 5.41) is 0. The maximum atomic E-state index is 7.28. The average Bonchev–Trinajstić information content (AvgIpc) is 3.16. The first kappa shape index (κ1) is 48.5. The Morgan fingerprint density at radius 1 is 0.183 bits per heavy atom. The van der Waals surface area contributed by atoms with Crippen LogP contribution in [0.1, 0.15) is 158 Å². The van der Waals surface area contributed by atoms with Gasteiger partial charge in [0.25, 0.3) is 47.8 Å². The summed E-state index contributed by atoms with van der Waals surface area (Å²) >= 11 is 0. The fourth-order valence-electron chi connectivity index (χ4n) is 7.50. The number of ether oxygens (including phenoxy) is 12. The van der Waals surface area contributed by atoms with Gasteiger partial charge in [0.05, 0.1) is 0 Å². The highest BCUT2D eigenvalue weighted by Crippen LogP contribution is 2.60. The topological polar surface area (TPSA) is 111 Å². The minimum atomic E-state index is -2.10. The van der Waals surface area contributed by atoms with Gasteiger partial charge in [0, 0.05) is 51.4 Å². The van der Waals surface area contributed by atoms with Crippen LogP contribution in [0.3, 0.4) is 0 Å². The lowest BCUT2D eigenvalue weighted by molar-refractivity contribution is -0.789. The maximum absolute atomic E-state index is 7.28. The van der Waals surface area contributed by atoms with E-state index in [1.54, 1.807) is 0 Å². The van der Waals surface area contributed by atoms with E-state index in [-0.39, 0.29) is 51.4 Å². The summed E-state index contributed by atoms with van der Waals surface area (Å²) in [5.74, 6) is -16.8. The lowest BCUT2D eigenvalue weighted by Crippen LogP contribution is -2.79. The molecule has 0 aromatic rings. The Balaban J connectivity index is 1.97. The summed E-state index contributed by atoms with van der Waals surface area (Å²) in [7, 11) is 0. The Labute approximate surface area is 359 Å². The molecule has 0 amide bonds. The van der Waals surface area contributed by atoms with Crippen LogP contribution in [0.2, 0.25) is 0 Å². The molecule has 0 radical (unpaired) electrons. The quantitative estimate of drug-likeness (QED) is 0.0863. The van der Waals surface area contributed by atoms with Crippen molar-refractivity contribution >= 4 is 0 Å². The molecule has 0 N–H and O–H groups in total. The molecule has 0 atom stereocenters. The third-order valence-electron chi connectivity index (χ3n) is 9.89. The van der Waals surface area contributed by atoms with E-state index in [9.17, 15) is 0 Å². The van der Waals surface area contributed by atoms with Gasteiger partial charge in [-0.15, -0.1) is 0 Å². The number of rotatable bonds is 24. The van der Waals surface area contributed by atoms with Crippen LogP contribution in [0, 0.1) is 0 Å². The molecule has 60 heavy (non-hydrogen) atoms. The molecule has 6 aliphatic heterocycles. The summed E-state index contributed by atoms with van der Waals surface area (Å²) in [5.41, 5.74) is 0. The Morgan fingerprint density at radius 3 is 0.367 bits per heavy atom. The van der Waals surface area contributed by atoms with Crippen molar-refractivity contribution in [2.45, 2.75) is 206 Å². The van der Waals surface area contributed by atoms with E-state index in [1.165, 1.54) is 0 Å². The molecule has 0 saturated carbocycles. The van der Waals surface area contributed by atoms with Gasteiger partial charge in [-0.3, -0.25) is 56.8 Å². The fraction of sp³-hybridized carbons (Fsp3) is 0.667. The maximum Gasteiger partial charge on any atom is 0.299 e. The molecule has 8 bridgehead atoms. The van der Waals surface area contributed by atoms with Crippen molar-refractivity contribution in [3.05, 3.63) is 97.2 Å². The molecular weight excluding hydrogens is 769 g/mol. The molecule has 6 rings (SSSR count). The lowest BCUT2D eigenvalue weighted by atomic mass is 10.1. The summed E-state index contributed by atoms with van der Waals surface area (Å²) < 4.78 is 87.3. The number of allylic oxidation sites excluding steroid dienone is 8. The van der Waals surface area contributed by atoms with Gasteiger partial charge < -0.3 is 0 Å².